The molecule has 0 bridgehead atoms. The van der Waals surface area contributed by atoms with Gasteiger partial charge in [0.05, 0.1) is 0 Å². The SMILES string of the molecule is CCC(N)Cc1cc(Br)ccc1Oc1ccccc1SC. The van der Waals surface area contributed by atoms with Gasteiger partial charge in [-0.2, -0.15) is 0 Å². The number of para-hydroxylation sites is 1. The molecule has 0 spiro atoms. The maximum Gasteiger partial charge on any atom is 0.140 e. The molecule has 0 saturated heterocycles. The second-order valence-electron chi connectivity index (χ2n) is 4.88. The predicted molar refractivity (Wildman–Crippen MR) is 94.4 cm³/mol. The van der Waals surface area contributed by atoms with Crippen molar-refractivity contribution in [2.75, 3.05) is 6.26 Å². The third kappa shape index (κ3) is 4.50. The van der Waals surface area contributed by atoms with Gasteiger partial charge < -0.3 is 10.5 Å². The van der Waals surface area contributed by atoms with Crippen LogP contribution in [0.25, 0.3) is 0 Å². The van der Waals surface area contributed by atoms with Crippen LogP contribution in [0.3, 0.4) is 0 Å². The van der Waals surface area contributed by atoms with Crippen LogP contribution in [0.15, 0.2) is 51.8 Å². The third-order valence-electron chi connectivity index (χ3n) is 3.32. The van der Waals surface area contributed by atoms with Crippen molar-refractivity contribution in [2.24, 2.45) is 5.73 Å². The topological polar surface area (TPSA) is 35.2 Å². The summed E-state index contributed by atoms with van der Waals surface area (Å²) >= 11 is 5.20. The zero-order valence-corrected chi connectivity index (χ0v) is 14.7. The molecule has 0 aliphatic heterocycles. The summed E-state index contributed by atoms with van der Waals surface area (Å²) in [4.78, 5) is 1.13. The Kier molecular flexibility index (Phi) is 6.15. The van der Waals surface area contributed by atoms with Crippen LogP contribution in [-0.2, 0) is 6.42 Å². The van der Waals surface area contributed by atoms with Crippen LogP contribution in [0.1, 0.15) is 18.9 Å². The van der Waals surface area contributed by atoms with Gasteiger partial charge in [0.15, 0.2) is 0 Å². The lowest BCUT2D eigenvalue weighted by Gasteiger charge is -2.16. The lowest BCUT2D eigenvalue weighted by atomic mass is 10.0. The van der Waals surface area contributed by atoms with Crippen LogP contribution in [0.2, 0.25) is 0 Å². The van der Waals surface area contributed by atoms with Crippen LogP contribution < -0.4 is 10.5 Å². The molecule has 0 aliphatic rings. The summed E-state index contributed by atoms with van der Waals surface area (Å²) in [6.45, 7) is 2.10. The Balaban J connectivity index is 2.30. The highest BCUT2D eigenvalue weighted by Crippen LogP contribution is 2.34. The van der Waals surface area contributed by atoms with Gasteiger partial charge >= 0.3 is 0 Å². The molecule has 0 amide bonds. The van der Waals surface area contributed by atoms with Crippen molar-refractivity contribution in [2.45, 2.75) is 30.7 Å². The molecule has 0 aromatic heterocycles. The summed E-state index contributed by atoms with van der Waals surface area (Å²) in [6, 6.07) is 14.3. The van der Waals surface area contributed by atoms with Gasteiger partial charge in [0.25, 0.3) is 0 Å². The van der Waals surface area contributed by atoms with Crippen molar-refractivity contribution in [3.8, 4) is 11.5 Å². The average Bonchev–Trinajstić information content (AvgIpc) is 2.50. The maximum absolute atomic E-state index is 6.13. The van der Waals surface area contributed by atoms with E-state index in [1.807, 2.05) is 30.3 Å². The molecule has 112 valence electrons. The first-order valence-corrected chi connectivity index (χ1v) is 9.00. The molecule has 21 heavy (non-hydrogen) atoms. The summed E-state index contributed by atoms with van der Waals surface area (Å²) in [7, 11) is 0. The summed E-state index contributed by atoms with van der Waals surface area (Å²) in [5.74, 6) is 1.77. The Hall–Kier alpha value is -0.970. The van der Waals surface area contributed by atoms with Gasteiger partial charge in [0.1, 0.15) is 11.5 Å². The van der Waals surface area contributed by atoms with Crippen LogP contribution in [-0.4, -0.2) is 12.3 Å². The van der Waals surface area contributed by atoms with Crippen molar-refractivity contribution in [1.82, 2.24) is 0 Å². The first-order chi connectivity index (χ1) is 10.1. The number of hydrogen-bond acceptors (Lipinski definition) is 3. The normalized spacial score (nSPS) is 12.2. The number of benzene rings is 2. The lowest BCUT2D eigenvalue weighted by molar-refractivity contribution is 0.461. The minimum atomic E-state index is 0.150. The van der Waals surface area contributed by atoms with E-state index in [-0.39, 0.29) is 6.04 Å². The van der Waals surface area contributed by atoms with E-state index in [0.29, 0.717) is 0 Å². The molecule has 1 unspecified atom stereocenters. The van der Waals surface area contributed by atoms with E-state index < -0.39 is 0 Å². The van der Waals surface area contributed by atoms with E-state index in [4.69, 9.17) is 10.5 Å². The van der Waals surface area contributed by atoms with Crippen molar-refractivity contribution in [3.05, 3.63) is 52.5 Å². The fourth-order valence-electron chi connectivity index (χ4n) is 2.06. The highest BCUT2D eigenvalue weighted by molar-refractivity contribution is 9.10. The molecular weight excluding hydrogens is 346 g/mol. The van der Waals surface area contributed by atoms with E-state index in [1.165, 1.54) is 0 Å². The van der Waals surface area contributed by atoms with Crippen LogP contribution in [0.4, 0.5) is 0 Å². The van der Waals surface area contributed by atoms with Gasteiger partial charge in [-0.15, -0.1) is 11.8 Å². The molecule has 0 saturated carbocycles. The number of ether oxygens (including phenoxy) is 1. The molecule has 0 heterocycles. The van der Waals surface area contributed by atoms with Crippen LogP contribution in [0, 0.1) is 0 Å². The number of halogens is 1. The number of thioether (sulfide) groups is 1. The molecule has 2 rings (SSSR count). The number of hydrogen-bond donors (Lipinski definition) is 1. The van der Waals surface area contributed by atoms with Gasteiger partial charge in [-0.3, -0.25) is 0 Å². The molecule has 0 aliphatic carbocycles. The minimum absolute atomic E-state index is 0.150. The Bertz CT molecular complexity index is 603. The molecule has 2 nitrogen and oxygen atoms in total. The summed E-state index contributed by atoms with van der Waals surface area (Å²) in [6.07, 6.45) is 3.82. The Morgan fingerprint density at radius 2 is 1.95 bits per heavy atom. The zero-order chi connectivity index (χ0) is 15.2. The molecule has 0 radical (unpaired) electrons. The van der Waals surface area contributed by atoms with E-state index in [9.17, 15) is 0 Å². The molecule has 2 aromatic rings. The first-order valence-electron chi connectivity index (χ1n) is 6.99. The largest absolute Gasteiger partial charge is 0.456 e. The molecule has 2 N–H and O–H groups in total. The highest BCUT2D eigenvalue weighted by atomic mass is 79.9. The lowest BCUT2D eigenvalue weighted by Crippen LogP contribution is -2.21. The average molecular weight is 366 g/mol. The molecule has 4 heteroatoms. The van der Waals surface area contributed by atoms with Gasteiger partial charge in [0.2, 0.25) is 0 Å². The maximum atomic E-state index is 6.13. The summed E-state index contributed by atoms with van der Waals surface area (Å²) < 4.78 is 7.18. The molecular formula is C17H20BrNOS. The van der Waals surface area contributed by atoms with Gasteiger partial charge in [-0.1, -0.05) is 35.0 Å². The second-order valence-corrected chi connectivity index (χ2v) is 6.64. The van der Waals surface area contributed by atoms with Crippen molar-refractivity contribution < 1.29 is 4.74 Å². The minimum Gasteiger partial charge on any atom is -0.456 e. The zero-order valence-electron chi connectivity index (χ0n) is 12.3. The van der Waals surface area contributed by atoms with Gasteiger partial charge in [-0.05, 0) is 55.0 Å². The van der Waals surface area contributed by atoms with Crippen molar-refractivity contribution in [1.29, 1.82) is 0 Å². The number of nitrogens with two attached hydrogens (primary N) is 1. The van der Waals surface area contributed by atoms with Crippen molar-refractivity contribution >= 4 is 27.7 Å². The van der Waals surface area contributed by atoms with Crippen LogP contribution in [0.5, 0.6) is 11.5 Å². The van der Waals surface area contributed by atoms with Gasteiger partial charge in [0, 0.05) is 15.4 Å². The fourth-order valence-corrected chi connectivity index (χ4v) is 2.99. The van der Waals surface area contributed by atoms with Crippen molar-refractivity contribution in [3.63, 3.8) is 0 Å². The standard InChI is InChI=1S/C17H20BrNOS/c1-3-14(19)11-12-10-13(18)8-9-15(12)20-16-6-4-5-7-17(16)21-2/h4-10,14H,3,11,19H2,1-2H3. The smallest absolute Gasteiger partial charge is 0.140 e. The summed E-state index contributed by atoms with van der Waals surface area (Å²) in [5, 5.41) is 0. The van der Waals surface area contributed by atoms with E-state index in [0.717, 1.165) is 39.3 Å². The fraction of sp³-hybridized carbons (Fsp3) is 0.294. The monoisotopic (exact) mass is 365 g/mol. The Morgan fingerprint density at radius 1 is 1.19 bits per heavy atom. The van der Waals surface area contributed by atoms with Gasteiger partial charge in [-0.25, -0.2) is 0 Å². The quantitative estimate of drug-likeness (QED) is 0.710. The van der Waals surface area contributed by atoms with Crippen LogP contribution >= 0.6 is 27.7 Å². The van der Waals surface area contributed by atoms with E-state index in [1.54, 1.807) is 11.8 Å². The highest BCUT2D eigenvalue weighted by Gasteiger charge is 2.11. The third-order valence-corrected chi connectivity index (χ3v) is 4.59. The first kappa shape index (κ1) is 16.4. The molecule has 0 fully saturated rings. The summed E-state index contributed by atoms with van der Waals surface area (Å²) in [5.41, 5.74) is 7.23. The number of rotatable bonds is 6. The Morgan fingerprint density at radius 3 is 2.67 bits per heavy atom. The second kappa shape index (κ2) is 7.87. The predicted octanol–water partition coefficient (Wildman–Crippen LogP) is 5.24. The van der Waals surface area contributed by atoms with E-state index >= 15 is 0 Å². The van der Waals surface area contributed by atoms with E-state index in [2.05, 4.69) is 41.2 Å². The molecule has 2 aromatic carbocycles. The molecule has 1 atom stereocenters. The Labute approximate surface area is 139 Å².